The van der Waals surface area contributed by atoms with Crippen molar-refractivity contribution in [1.29, 1.82) is 0 Å². The number of ether oxygens (including phenoxy) is 1. The molecule has 0 radical (unpaired) electrons. The number of H-pyrrole nitrogens is 1. The van der Waals surface area contributed by atoms with Crippen LogP contribution in [0.1, 0.15) is 19.0 Å². The molecule has 0 unspecified atom stereocenters. The van der Waals surface area contributed by atoms with Gasteiger partial charge in [-0.3, -0.25) is 14.3 Å². The molecule has 0 fully saturated rings. The maximum Gasteiger partial charge on any atom is 0.195 e. The molecule has 2 aromatic rings. The number of nitrogens with zero attached hydrogens (tertiary/aromatic N) is 4. The second-order valence-corrected chi connectivity index (χ2v) is 5.19. The first kappa shape index (κ1) is 15.2. The summed E-state index contributed by atoms with van der Waals surface area (Å²) in [5.41, 5.74) is 1.55. The lowest BCUT2D eigenvalue weighted by Gasteiger charge is -2.07. The van der Waals surface area contributed by atoms with Gasteiger partial charge in [0.15, 0.2) is 10.6 Å². The van der Waals surface area contributed by atoms with Gasteiger partial charge in [0, 0.05) is 26.8 Å². The monoisotopic (exact) mass is 315 g/mol. The topological polar surface area (TPSA) is 60.7 Å². The average Bonchev–Trinajstić information content (AvgIpc) is 2.87. The molecule has 0 saturated carbocycles. The molecule has 0 aliphatic rings. The van der Waals surface area contributed by atoms with E-state index in [4.69, 9.17) is 28.6 Å². The first-order valence-electron chi connectivity index (χ1n) is 6.48. The lowest BCUT2D eigenvalue weighted by atomic mass is 10.3. The molecule has 2 aromatic heterocycles. The van der Waals surface area contributed by atoms with Crippen LogP contribution in [0, 0.1) is 11.7 Å². The van der Waals surface area contributed by atoms with Crippen LogP contribution in [0.3, 0.4) is 0 Å². The van der Waals surface area contributed by atoms with Gasteiger partial charge in [-0.1, -0.05) is 11.6 Å². The van der Waals surface area contributed by atoms with Crippen molar-refractivity contribution in [2.75, 3.05) is 13.2 Å². The summed E-state index contributed by atoms with van der Waals surface area (Å²) in [4.78, 5) is 0. The minimum absolute atomic E-state index is 0.575. The molecule has 2 rings (SSSR count). The summed E-state index contributed by atoms with van der Waals surface area (Å²) in [5.74, 6) is 0.708. The minimum Gasteiger partial charge on any atom is -0.382 e. The second-order valence-electron chi connectivity index (χ2n) is 4.43. The van der Waals surface area contributed by atoms with Crippen molar-refractivity contribution < 1.29 is 4.74 Å². The van der Waals surface area contributed by atoms with Gasteiger partial charge in [-0.05, 0) is 32.5 Å². The molecule has 0 saturated heterocycles. The van der Waals surface area contributed by atoms with E-state index in [1.807, 2.05) is 25.5 Å². The number of rotatable bonds is 6. The van der Waals surface area contributed by atoms with Crippen molar-refractivity contribution in [2.24, 2.45) is 7.05 Å². The van der Waals surface area contributed by atoms with Crippen LogP contribution in [0.5, 0.6) is 0 Å². The van der Waals surface area contributed by atoms with E-state index in [1.54, 1.807) is 4.68 Å². The molecular formula is C12H18ClN5OS. The third kappa shape index (κ3) is 2.94. The molecule has 0 aliphatic heterocycles. The molecule has 2 heterocycles. The van der Waals surface area contributed by atoms with E-state index in [0.717, 1.165) is 31.0 Å². The number of nitrogens with one attached hydrogen (secondary N) is 1. The highest BCUT2D eigenvalue weighted by Gasteiger charge is 2.18. The Labute approximate surface area is 127 Å². The standard InChI is InChI=1S/C12H18ClN5OS/c1-4-19-7-5-6-18-11(14-15-12(18)20)10-9(13)8(2)16-17(10)3/h4-7H2,1-3H3,(H,15,20). The Morgan fingerprint density at radius 1 is 1.45 bits per heavy atom. The fourth-order valence-electron chi connectivity index (χ4n) is 2.05. The van der Waals surface area contributed by atoms with E-state index in [1.165, 1.54) is 0 Å². The van der Waals surface area contributed by atoms with Crippen LogP contribution in [0.25, 0.3) is 11.5 Å². The maximum atomic E-state index is 6.30. The van der Waals surface area contributed by atoms with Crippen LogP contribution in [0.2, 0.25) is 5.02 Å². The Morgan fingerprint density at radius 2 is 2.20 bits per heavy atom. The van der Waals surface area contributed by atoms with Crippen molar-refractivity contribution in [3.63, 3.8) is 0 Å². The van der Waals surface area contributed by atoms with Crippen LogP contribution in [-0.4, -0.2) is 37.8 Å². The third-order valence-corrected chi connectivity index (χ3v) is 3.76. The lowest BCUT2D eigenvalue weighted by Crippen LogP contribution is -2.07. The van der Waals surface area contributed by atoms with Gasteiger partial charge in [0.2, 0.25) is 0 Å². The number of aryl methyl sites for hydroxylation is 2. The molecule has 1 N–H and O–H groups in total. The molecule has 0 aromatic carbocycles. The predicted molar refractivity (Wildman–Crippen MR) is 80.5 cm³/mol. The van der Waals surface area contributed by atoms with Crippen molar-refractivity contribution in [1.82, 2.24) is 24.5 Å². The number of aromatic amines is 1. The van der Waals surface area contributed by atoms with Crippen molar-refractivity contribution in [3.8, 4) is 11.5 Å². The normalized spacial score (nSPS) is 11.2. The van der Waals surface area contributed by atoms with Gasteiger partial charge in [-0.25, -0.2) is 0 Å². The first-order valence-corrected chi connectivity index (χ1v) is 7.27. The van der Waals surface area contributed by atoms with Crippen molar-refractivity contribution in [3.05, 3.63) is 15.5 Å². The highest BCUT2D eigenvalue weighted by Crippen LogP contribution is 2.28. The van der Waals surface area contributed by atoms with Gasteiger partial charge in [0.25, 0.3) is 0 Å². The van der Waals surface area contributed by atoms with E-state index in [2.05, 4.69) is 15.3 Å². The molecule has 0 spiro atoms. The number of hydrogen-bond donors (Lipinski definition) is 1. The van der Waals surface area contributed by atoms with E-state index < -0.39 is 0 Å². The quantitative estimate of drug-likeness (QED) is 0.657. The Hall–Kier alpha value is -1.18. The Morgan fingerprint density at radius 3 is 2.80 bits per heavy atom. The van der Waals surface area contributed by atoms with Crippen molar-refractivity contribution in [2.45, 2.75) is 26.8 Å². The largest absolute Gasteiger partial charge is 0.382 e. The summed E-state index contributed by atoms with van der Waals surface area (Å²) in [6.07, 6.45) is 0.864. The Balaban J connectivity index is 2.31. The molecular weight excluding hydrogens is 298 g/mol. The summed E-state index contributed by atoms with van der Waals surface area (Å²) in [5, 5.41) is 12.0. The maximum absolute atomic E-state index is 6.30. The summed E-state index contributed by atoms with van der Waals surface area (Å²) in [6.45, 7) is 5.99. The van der Waals surface area contributed by atoms with Gasteiger partial charge in [0.1, 0.15) is 5.69 Å². The smallest absolute Gasteiger partial charge is 0.195 e. The predicted octanol–water partition coefficient (Wildman–Crippen LogP) is 2.73. The highest BCUT2D eigenvalue weighted by atomic mass is 35.5. The van der Waals surface area contributed by atoms with E-state index >= 15 is 0 Å². The molecule has 0 atom stereocenters. The van der Waals surface area contributed by atoms with E-state index in [0.29, 0.717) is 22.2 Å². The summed E-state index contributed by atoms with van der Waals surface area (Å²) < 4.78 is 9.57. The molecule has 8 heteroatoms. The minimum atomic E-state index is 0.575. The molecule has 0 aliphatic carbocycles. The molecule has 6 nitrogen and oxygen atoms in total. The van der Waals surface area contributed by atoms with Gasteiger partial charge >= 0.3 is 0 Å². The van der Waals surface area contributed by atoms with Crippen LogP contribution in [-0.2, 0) is 18.3 Å². The Bertz CT molecular complexity index is 645. The fourth-order valence-corrected chi connectivity index (χ4v) is 2.52. The number of aromatic nitrogens is 5. The Kier molecular flexibility index (Phi) is 4.95. The molecule has 110 valence electrons. The van der Waals surface area contributed by atoms with Crippen LogP contribution in [0.15, 0.2) is 0 Å². The van der Waals surface area contributed by atoms with Crippen LogP contribution < -0.4 is 0 Å². The van der Waals surface area contributed by atoms with Gasteiger partial charge in [-0.2, -0.15) is 10.2 Å². The van der Waals surface area contributed by atoms with Crippen molar-refractivity contribution >= 4 is 23.8 Å². The summed E-state index contributed by atoms with van der Waals surface area (Å²) >= 11 is 11.6. The van der Waals surface area contributed by atoms with Gasteiger partial charge in [0.05, 0.1) is 10.7 Å². The van der Waals surface area contributed by atoms with Crippen LogP contribution >= 0.6 is 23.8 Å². The van der Waals surface area contributed by atoms with Gasteiger partial charge in [-0.15, -0.1) is 0 Å². The molecule has 0 bridgehead atoms. The summed E-state index contributed by atoms with van der Waals surface area (Å²) in [6, 6.07) is 0. The van der Waals surface area contributed by atoms with E-state index in [9.17, 15) is 0 Å². The molecule has 0 amide bonds. The zero-order valence-corrected chi connectivity index (χ0v) is 13.4. The number of hydrogen-bond acceptors (Lipinski definition) is 4. The molecule has 20 heavy (non-hydrogen) atoms. The van der Waals surface area contributed by atoms with Gasteiger partial charge < -0.3 is 4.74 Å². The lowest BCUT2D eigenvalue weighted by molar-refractivity contribution is 0.141. The fraction of sp³-hybridized carbons (Fsp3) is 0.583. The zero-order chi connectivity index (χ0) is 14.7. The first-order chi connectivity index (χ1) is 9.56. The SMILES string of the molecule is CCOCCCn1c(-c2c(Cl)c(C)nn2C)n[nH]c1=S. The van der Waals surface area contributed by atoms with Crippen LogP contribution in [0.4, 0.5) is 0 Å². The average molecular weight is 316 g/mol. The van der Waals surface area contributed by atoms with E-state index in [-0.39, 0.29) is 0 Å². The third-order valence-electron chi connectivity index (χ3n) is 2.99. The zero-order valence-electron chi connectivity index (χ0n) is 11.8. The number of halogens is 1. The highest BCUT2D eigenvalue weighted by molar-refractivity contribution is 7.71. The second kappa shape index (κ2) is 6.51. The summed E-state index contributed by atoms with van der Waals surface area (Å²) in [7, 11) is 1.84.